The van der Waals surface area contributed by atoms with E-state index in [1.165, 1.54) is 0 Å². The smallest absolute Gasteiger partial charge is 0.267 e. The lowest BCUT2D eigenvalue weighted by Gasteiger charge is -2.14. The van der Waals surface area contributed by atoms with Crippen LogP contribution in [0.3, 0.4) is 0 Å². The van der Waals surface area contributed by atoms with Gasteiger partial charge in [-0.05, 0) is 23.6 Å². The van der Waals surface area contributed by atoms with E-state index in [2.05, 4.69) is 5.43 Å². The first kappa shape index (κ1) is 11.1. The zero-order chi connectivity index (χ0) is 12.5. The standard InChI is InChI=1S/C13H10N2O2S/c16-12-10-5-1-2-6-11(10)13(17)15(12)14-8-9-4-3-7-18-9/h1-7,14H,8H2. The summed E-state index contributed by atoms with van der Waals surface area (Å²) in [6, 6.07) is 10.7. The molecule has 90 valence electrons. The van der Waals surface area contributed by atoms with Gasteiger partial charge in [-0.3, -0.25) is 9.59 Å². The van der Waals surface area contributed by atoms with Crippen LogP contribution in [-0.2, 0) is 6.54 Å². The van der Waals surface area contributed by atoms with Crippen LogP contribution in [0.5, 0.6) is 0 Å². The molecule has 3 rings (SSSR count). The first-order valence-electron chi connectivity index (χ1n) is 5.51. The molecule has 2 amide bonds. The van der Waals surface area contributed by atoms with Gasteiger partial charge in [0.15, 0.2) is 0 Å². The lowest BCUT2D eigenvalue weighted by molar-refractivity contribution is 0.0563. The van der Waals surface area contributed by atoms with Crippen molar-refractivity contribution in [1.29, 1.82) is 0 Å². The molecule has 0 spiro atoms. The number of rotatable bonds is 3. The number of amides is 2. The van der Waals surface area contributed by atoms with E-state index in [4.69, 9.17) is 0 Å². The molecule has 18 heavy (non-hydrogen) atoms. The van der Waals surface area contributed by atoms with Crippen LogP contribution in [0.4, 0.5) is 0 Å². The summed E-state index contributed by atoms with van der Waals surface area (Å²) in [6.45, 7) is 0.475. The van der Waals surface area contributed by atoms with Crippen LogP contribution in [0, 0.1) is 0 Å². The molecule has 1 aliphatic heterocycles. The van der Waals surface area contributed by atoms with Gasteiger partial charge < -0.3 is 0 Å². The molecule has 0 atom stereocenters. The van der Waals surface area contributed by atoms with Crippen molar-refractivity contribution in [3.05, 3.63) is 57.8 Å². The highest BCUT2D eigenvalue weighted by molar-refractivity contribution is 7.09. The third-order valence-corrected chi connectivity index (χ3v) is 3.66. The summed E-state index contributed by atoms with van der Waals surface area (Å²) in [6.07, 6.45) is 0. The first-order chi connectivity index (χ1) is 8.77. The highest BCUT2D eigenvalue weighted by atomic mass is 32.1. The molecule has 4 nitrogen and oxygen atoms in total. The second-order valence-electron chi connectivity index (χ2n) is 3.91. The maximum Gasteiger partial charge on any atom is 0.276 e. The van der Waals surface area contributed by atoms with Gasteiger partial charge in [0.05, 0.1) is 17.7 Å². The zero-order valence-corrected chi connectivity index (χ0v) is 10.2. The Labute approximate surface area is 108 Å². The molecule has 0 unspecified atom stereocenters. The normalized spacial score (nSPS) is 14.1. The number of nitrogens with one attached hydrogen (secondary N) is 1. The van der Waals surface area contributed by atoms with Crippen LogP contribution in [-0.4, -0.2) is 16.8 Å². The van der Waals surface area contributed by atoms with E-state index in [1.54, 1.807) is 35.6 Å². The number of carbonyl (C=O) groups is 2. The van der Waals surface area contributed by atoms with E-state index in [0.717, 1.165) is 9.89 Å². The number of hydrazine groups is 1. The lowest BCUT2D eigenvalue weighted by Crippen LogP contribution is -2.41. The van der Waals surface area contributed by atoms with Crippen LogP contribution in [0.2, 0.25) is 0 Å². The zero-order valence-electron chi connectivity index (χ0n) is 9.42. The van der Waals surface area contributed by atoms with Gasteiger partial charge in [0.2, 0.25) is 0 Å². The Hall–Kier alpha value is -1.98. The number of hydrogen-bond acceptors (Lipinski definition) is 4. The molecule has 0 saturated heterocycles. The Balaban J connectivity index is 1.80. The van der Waals surface area contributed by atoms with Crippen molar-refractivity contribution in [2.45, 2.75) is 6.54 Å². The molecule has 0 aliphatic carbocycles. The number of fused-ring (bicyclic) bond motifs is 1. The summed E-state index contributed by atoms with van der Waals surface area (Å²) in [4.78, 5) is 25.1. The molecule has 1 aliphatic rings. The van der Waals surface area contributed by atoms with Gasteiger partial charge in [-0.1, -0.05) is 18.2 Å². The van der Waals surface area contributed by atoms with Crippen molar-refractivity contribution in [2.24, 2.45) is 0 Å². The predicted molar refractivity (Wildman–Crippen MR) is 68.1 cm³/mol. The number of imide groups is 1. The number of nitrogens with zero attached hydrogens (tertiary/aromatic N) is 1. The van der Waals surface area contributed by atoms with Crippen LogP contribution in [0.15, 0.2) is 41.8 Å². The fourth-order valence-corrected chi connectivity index (χ4v) is 2.54. The van der Waals surface area contributed by atoms with Crippen molar-refractivity contribution in [1.82, 2.24) is 10.4 Å². The van der Waals surface area contributed by atoms with Gasteiger partial charge >= 0.3 is 0 Å². The van der Waals surface area contributed by atoms with Gasteiger partial charge in [0.25, 0.3) is 11.8 Å². The monoisotopic (exact) mass is 258 g/mol. The summed E-state index contributed by atoms with van der Waals surface area (Å²) < 4.78 is 0. The number of benzene rings is 1. The minimum atomic E-state index is -0.285. The van der Waals surface area contributed by atoms with Crippen molar-refractivity contribution in [2.75, 3.05) is 0 Å². The highest BCUT2D eigenvalue weighted by Crippen LogP contribution is 2.21. The fraction of sp³-hybridized carbons (Fsp3) is 0.0769. The summed E-state index contributed by atoms with van der Waals surface area (Å²) >= 11 is 1.58. The molecular formula is C13H10N2O2S. The molecule has 0 fully saturated rings. The summed E-state index contributed by atoms with van der Waals surface area (Å²) in [5.74, 6) is -0.570. The molecule has 2 aromatic rings. The van der Waals surface area contributed by atoms with E-state index in [1.807, 2.05) is 17.5 Å². The summed E-state index contributed by atoms with van der Waals surface area (Å²) in [7, 11) is 0. The van der Waals surface area contributed by atoms with E-state index in [0.29, 0.717) is 17.7 Å². The molecule has 5 heteroatoms. The van der Waals surface area contributed by atoms with Crippen LogP contribution < -0.4 is 5.43 Å². The quantitative estimate of drug-likeness (QED) is 0.857. The van der Waals surface area contributed by atoms with Crippen molar-refractivity contribution < 1.29 is 9.59 Å². The maximum absolute atomic E-state index is 12.0. The average Bonchev–Trinajstić information content (AvgIpc) is 2.98. The van der Waals surface area contributed by atoms with E-state index in [9.17, 15) is 9.59 Å². The highest BCUT2D eigenvalue weighted by Gasteiger charge is 2.35. The Morgan fingerprint density at radius 2 is 1.67 bits per heavy atom. The second-order valence-corrected chi connectivity index (χ2v) is 4.94. The predicted octanol–water partition coefficient (Wildman–Crippen LogP) is 2.05. The van der Waals surface area contributed by atoms with Gasteiger partial charge in [0, 0.05) is 4.88 Å². The van der Waals surface area contributed by atoms with E-state index >= 15 is 0 Å². The van der Waals surface area contributed by atoms with Crippen molar-refractivity contribution in [3.8, 4) is 0 Å². The number of carbonyl (C=O) groups excluding carboxylic acids is 2. The molecule has 1 aromatic carbocycles. The summed E-state index contributed by atoms with van der Waals surface area (Å²) in [5, 5.41) is 3.05. The average molecular weight is 258 g/mol. The Kier molecular flexibility index (Phi) is 2.70. The van der Waals surface area contributed by atoms with Gasteiger partial charge in [0.1, 0.15) is 0 Å². The topological polar surface area (TPSA) is 49.4 Å². The largest absolute Gasteiger partial charge is 0.276 e. The SMILES string of the molecule is O=C1c2ccccc2C(=O)N1NCc1cccs1. The second kappa shape index (κ2) is 4.36. The molecule has 0 radical (unpaired) electrons. The summed E-state index contributed by atoms with van der Waals surface area (Å²) in [5.41, 5.74) is 3.79. The Bertz CT molecular complexity index is 572. The molecule has 1 N–H and O–H groups in total. The third-order valence-electron chi connectivity index (χ3n) is 2.79. The van der Waals surface area contributed by atoms with Gasteiger partial charge in [-0.15, -0.1) is 11.3 Å². The Morgan fingerprint density at radius 1 is 1.00 bits per heavy atom. The molecule has 0 bridgehead atoms. The number of thiophene rings is 1. The number of hydrogen-bond donors (Lipinski definition) is 1. The third kappa shape index (κ3) is 1.73. The molecular weight excluding hydrogens is 248 g/mol. The van der Waals surface area contributed by atoms with Gasteiger partial charge in [-0.2, -0.15) is 0 Å². The first-order valence-corrected chi connectivity index (χ1v) is 6.39. The maximum atomic E-state index is 12.0. The van der Waals surface area contributed by atoms with Gasteiger partial charge in [-0.25, -0.2) is 10.4 Å². The van der Waals surface area contributed by atoms with E-state index in [-0.39, 0.29) is 11.8 Å². The van der Waals surface area contributed by atoms with Crippen LogP contribution >= 0.6 is 11.3 Å². The van der Waals surface area contributed by atoms with Crippen LogP contribution in [0.1, 0.15) is 25.6 Å². The fourth-order valence-electron chi connectivity index (χ4n) is 1.90. The van der Waals surface area contributed by atoms with Crippen molar-refractivity contribution in [3.63, 3.8) is 0 Å². The lowest BCUT2D eigenvalue weighted by atomic mass is 10.1. The van der Waals surface area contributed by atoms with Crippen LogP contribution in [0.25, 0.3) is 0 Å². The minimum absolute atomic E-state index is 0.285. The molecule has 0 saturated carbocycles. The van der Waals surface area contributed by atoms with E-state index < -0.39 is 0 Å². The minimum Gasteiger partial charge on any atom is -0.267 e. The molecule has 1 aromatic heterocycles. The Morgan fingerprint density at radius 3 is 2.22 bits per heavy atom. The molecule has 2 heterocycles. The van der Waals surface area contributed by atoms with Crippen molar-refractivity contribution >= 4 is 23.2 Å².